The van der Waals surface area contributed by atoms with Gasteiger partial charge < -0.3 is 20.6 Å². The lowest BCUT2D eigenvalue weighted by molar-refractivity contribution is -0.137. The minimum absolute atomic E-state index is 0.0251. The summed E-state index contributed by atoms with van der Waals surface area (Å²) in [7, 11) is 2.16. The van der Waals surface area contributed by atoms with Crippen LogP contribution in [0.15, 0.2) is 0 Å². The fourth-order valence-corrected chi connectivity index (χ4v) is 3.91. The Hall–Kier alpha value is -1.71. The topological polar surface area (TPSA) is 105 Å². The van der Waals surface area contributed by atoms with Crippen LogP contribution in [0.25, 0.3) is 0 Å². The molecule has 1 atom stereocenters. The number of likely N-dealkylation sites (N-methyl/N-ethyl adjacent to an activating group) is 1. The first-order valence-electron chi connectivity index (χ1n) is 10.8. The van der Waals surface area contributed by atoms with Crippen molar-refractivity contribution in [3.05, 3.63) is 0 Å². The summed E-state index contributed by atoms with van der Waals surface area (Å²) in [6, 6.07) is 0.459. The van der Waals surface area contributed by atoms with E-state index in [1.165, 1.54) is 0 Å². The van der Waals surface area contributed by atoms with Gasteiger partial charge in [0.05, 0.1) is 6.54 Å². The molecule has 2 aliphatic heterocycles. The van der Waals surface area contributed by atoms with Gasteiger partial charge in [0.2, 0.25) is 11.8 Å². The lowest BCUT2D eigenvalue weighted by Crippen LogP contribution is -2.50. The average Bonchev–Trinajstić information content (AvgIpc) is 3.10. The molecule has 3 N–H and O–H groups in total. The fourth-order valence-electron chi connectivity index (χ4n) is 3.91. The van der Waals surface area contributed by atoms with Gasteiger partial charge in [-0.25, -0.2) is 0 Å². The van der Waals surface area contributed by atoms with Gasteiger partial charge in [-0.05, 0) is 39.3 Å². The lowest BCUT2D eigenvalue weighted by atomic mass is 10.2. The number of amides is 2. The molecule has 0 aromatic heterocycles. The van der Waals surface area contributed by atoms with Gasteiger partial charge in [-0.1, -0.05) is 0 Å². The zero-order valence-corrected chi connectivity index (χ0v) is 17.7. The molecule has 166 valence electrons. The van der Waals surface area contributed by atoms with Crippen molar-refractivity contribution in [3.8, 4) is 0 Å². The summed E-state index contributed by atoms with van der Waals surface area (Å²) >= 11 is 0. The number of rotatable bonds is 12. The van der Waals surface area contributed by atoms with E-state index >= 15 is 0 Å². The Morgan fingerprint density at radius 1 is 0.931 bits per heavy atom. The summed E-state index contributed by atoms with van der Waals surface area (Å²) in [5.41, 5.74) is 0. The van der Waals surface area contributed by atoms with E-state index in [-0.39, 0.29) is 18.2 Å². The molecule has 2 fully saturated rings. The van der Waals surface area contributed by atoms with Crippen molar-refractivity contribution in [2.45, 2.75) is 44.6 Å². The van der Waals surface area contributed by atoms with Crippen LogP contribution in [0.1, 0.15) is 38.5 Å². The number of nitrogens with one attached hydrogen (secondary N) is 2. The molecule has 2 heterocycles. The standard InChI is InChI=1S/C20H37N5O4/c1-23-11-13-24(14-12-23)15-17-5-4-10-25(17)16-19(27)22-8-2-6-18(26)21-9-3-7-20(28)29/h17H,2-16H2,1H3,(H,21,26)(H,22,27)(H,28,29)/i2+1,6+1,7+1,8+1,16+1,18+1,19+1,20+1,23+1,24+1,25+1. The van der Waals surface area contributed by atoms with Crippen LogP contribution in [0.3, 0.4) is 0 Å². The summed E-state index contributed by atoms with van der Waals surface area (Å²) < 4.78 is 0. The van der Waals surface area contributed by atoms with E-state index < -0.39 is 5.97 Å². The van der Waals surface area contributed by atoms with Gasteiger partial charge in [0.25, 0.3) is 0 Å². The summed E-state index contributed by atoms with van der Waals surface area (Å²) in [6.07, 6.45) is 3.71. The van der Waals surface area contributed by atoms with Crippen LogP contribution in [0.4, 0.5) is 0 Å². The van der Waals surface area contributed by atoms with Crippen molar-refractivity contribution < 1.29 is 19.5 Å². The number of nitrogens with zero attached hydrogens (tertiary/aromatic N) is 3. The van der Waals surface area contributed by atoms with Gasteiger partial charge in [0.15, 0.2) is 0 Å². The predicted octanol–water partition coefficient (Wildman–Crippen LogP) is -0.424. The van der Waals surface area contributed by atoms with Gasteiger partial charge in [-0.3, -0.25) is 24.2 Å². The Balaban J connectivity index is 1.55. The van der Waals surface area contributed by atoms with Crippen LogP contribution < -0.4 is 10.6 Å². The van der Waals surface area contributed by atoms with Gasteiger partial charge in [-0.2, -0.15) is 0 Å². The Labute approximate surface area is 173 Å². The number of hydrogen-bond acceptors (Lipinski definition) is 6. The molecule has 0 aromatic carbocycles. The molecule has 2 rings (SSSR count). The quantitative estimate of drug-likeness (QED) is 0.223. The van der Waals surface area contributed by atoms with Crippen LogP contribution in [0.5, 0.6) is 0 Å². The second-order valence-corrected chi connectivity index (χ2v) is 8.17. The summed E-state index contributed by atoms with van der Waals surface area (Å²) in [5.74, 6) is -0.931. The first kappa shape index (κ1) is 23.6. The van der Waals surface area contributed by atoms with Crippen molar-refractivity contribution in [1.29, 1.82) is 0 Å². The molecule has 2 aliphatic rings. The monoisotopic (exact) mass is 422 g/mol. The van der Waals surface area contributed by atoms with E-state index in [0.29, 0.717) is 44.9 Å². The minimum atomic E-state index is -0.856. The highest BCUT2D eigenvalue weighted by atomic mass is 16.5. The smallest absolute Gasteiger partial charge is 0.303 e. The maximum Gasteiger partial charge on any atom is 0.303 e. The predicted molar refractivity (Wildman–Crippen MR) is 111 cm³/mol. The number of piperazine rings is 1. The fraction of sp³-hybridized carbons (Fsp3) is 0.850. The summed E-state index contributed by atoms with van der Waals surface area (Å²) in [5, 5.41) is 14.2. The van der Waals surface area contributed by atoms with Crippen molar-refractivity contribution in [1.82, 2.24) is 25.3 Å². The number of carboxylic acid groups (broad SMARTS) is 1. The van der Waals surface area contributed by atoms with Crippen molar-refractivity contribution >= 4 is 17.8 Å². The third kappa shape index (κ3) is 9.56. The number of carboxylic acids is 1. The highest BCUT2D eigenvalue weighted by Crippen LogP contribution is 2.18. The van der Waals surface area contributed by atoms with Crippen molar-refractivity contribution in [3.63, 3.8) is 0 Å². The average molecular weight is 422 g/mol. The van der Waals surface area contributed by atoms with Crippen LogP contribution in [0.2, 0.25) is 0 Å². The molecule has 0 saturated carbocycles. The first-order valence-corrected chi connectivity index (χ1v) is 10.8. The van der Waals surface area contributed by atoms with Crippen LogP contribution in [0, 0.1) is 0 Å². The van der Waals surface area contributed by atoms with Gasteiger partial charge >= 0.3 is 5.97 Å². The number of hydrogen-bond donors (Lipinski definition) is 3. The number of aliphatic carboxylic acids is 1. The highest BCUT2D eigenvalue weighted by molar-refractivity contribution is 5.78. The molecule has 1 unspecified atom stereocenters. The van der Waals surface area contributed by atoms with Crippen molar-refractivity contribution in [2.24, 2.45) is 0 Å². The van der Waals surface area contributed by atoms with E-state index in [1.807, 2.05) is 0 Å². The summed E-state index contributed by atoms with van der Waals surface area (Å²) in [4.78, 5) is 41.5. The second kappa shape index (κ2) is 12.8. The Morgan fingerprint density at radius 3 is 2.28 bits per heavy atom. The second-order valence-electron chi connectivity index (χ2n) is 8.17. The molecule has 29 heavy (non-hydrogen) atoms. The molecule has 0 bridgehead atoms. The van der Waals surface area contributed by atoms with Gasteiger partial charge in [0, 0.05) is 64.7 Å². The highest BCUT2D eigenvalue weighted by Gasteiger charge is 2.28. The molecule has 0 aliphatic carbocycles. The van der Waals surface area contributed by atoms with Gasteiger partial charge in [-0.15, -0.1) is 0 Å². The van der Waals surface area contributed by atoms with Crippen LogP contribution in [-0.2, 0) is 14.4 Å². The Kier molecular flexibility index (Phi) is 10.4. The molecular formula is C20H37N5O4. The van der Waals surface area contributed by atoms with E-state index in [9.17, 15) is 14.4 Å². The Bertz CT molecular complexity index is 537. The van der Waals surface area contributed by atoms with Crippen LogP contribution >= 0.6 is 0 Å². The normalized spacial score (nSPS) is 21.2. The Morgan fingerprint density at radius 2 is 1.59 bits per heavy atom. The van der Waals surface area contributed by atoms with Crippen LogP contribution in [-0.4, -0.2) is 110 Å². The van der Waals surface area contributed by atoms with E-state index in [0.717, 1.165) is 52.1 Å². The SMILES string of the molecule is C[15N]1CC[15N](CC2CCC[15N]2[13CH2][13C](=O)N[13CH2][13CH2][13CH2][13C](=O)NCC[13CH2][13C](=O)O)CC1. The summed E-state index contributed by atoms with van der Waals surface area (Å²) in [6.45, 7) is 7.74. The third-order valence-corrected chi connectivity index (χ3v) is 5.70. The molecule has 2 amide bonds. The number of carbonyl (C=O) groups excluding carboxylic acids is 2. The van der Waals surface area contributed by atoms with E-state index in [1.54, 1.807) is 0 Å². The first-order chi connectivity index (χ1) is 13.9. The molecule has 0 aromatic rings. The van der Waals surface area contributed by atoms with E-state index in [4.69, 9.17) is 5.11 Å². The minimum Gasteiger partial charge on any atom is -0.481 e. The molecule has 9 heteroatoms. The number of likely N-dealkylation sites (tertiary alicyclic amines) is 1. The lowest BCUT2D eigenvalue weighted by Gasteiger charge is -2.36. The van der Waals surface area contributed by atoms with Crippen molar-refractivity contribution in [2.75, 3.05) is 66.0 Å². The van der Waals surface area contributed by atoms with Gasteiger partial charge in [0.1, 0.15) is 0 Å². The number of carbonyl (C=O) groups is 3. The molecule has 9 nitrogen and oxygen atoms in total. The largest absolute Gasteiger partial charge is 0.481 e. The maximum absolute atomic E-state index is 12.3. The molecule has 0 spiro atoms. The van der Waals surface area contributed by atoms with E-state index in [2.05, 4.69) is 32.4 Å². The zero-order valence-electron chi connectivity index (χ0n) is 17.7. The molecular weight excluding hydrogens is 385 g/mol. The molecule has 2 saturated heterocycles. The third-order valence-electron chi connectivity index (χ3n) is 5.70. The molecule has 0 radical (unpaired) electrons. The maximum atomic E-state index is 12.3. The zero-order chi connectivity index (χ0) is 21.1.